The standard InChI is InChI=1S/C12H19N3O2/c1-14-10(4-6-13-14)5-8-15-7-2-3-11(15)9-12(16)17/h4,6,11H,2-3,5,7-9H2,1H3,(H,16,17). The summed E-state index contributed by atoms with van der Waals surface area (Å²) < 4.78 is 1.88. The molecule has 5 nitrogen and oxygen atoms in total. The van der Waals surface area contributed by atoms with Gasteiger partial charge in [0.05, 0.1) is 6.42 Å². The van der Waals surface area contributed by atoms with Gasteiger partial charge in [0, 0.05) is 37.9 Å². The van der Waals surface area contributed by atoms with E-state index in [4.69, 9.17) is 5.11 Å². The minimum atomic E-state index is -0.692. The molecule has 1 aromatic rings. The molecule has 0 aliphatic carbocycles. The molecule has 1 N–H and O–H groups in total. The average molecular weight is 237 g/mol. The molecule has 94 valence electrons. The van der Waals surface area contributed by atoms with Crippen LogP contribution >= 0.6 is 0 Å². The van der Waals surface area contributed by atoms with E-state index in [-0.39, 0.29) is 12.5 Å². The molecule has 0 aromatic carbocycles. The van der Waals surface area contributed by atoms with Crippen molar-refractivity contribution in [2.24, 2.45) is 7.05 Å². The Hall–Kier alpha value is -1.36. The molecule has 1 aliphatic rings. The molecule has 0 amide bonds. The van der Waals surface area contributed by atoms with Gasteiger partial charge >= 0.3 is 5.97 Å². The summed E-state index contributed by atoms with van der Waals surface area (Å²) in [6.45, 7) is 1.95. The second-order valence-corrected chi connectivity index (χ2v) is 4.63. The number of hydrogen-bond acceptors (Lipinski definition) is 3. The maximum absolute atomic E-state index is 10.7. The van der Waals surface area contributed by atoms with E-state index in [1.807, 2.05) is 17.8 Å². The highest BCUT2D eigenvalue weighted by Gasteiger charge is 2.26. The smallest absolute Gasteiger partial charge is 0.304 e. The SMILES string of the molecule is Cn1nccc1CCN1CCCC1CC(=O)O. The number of likely N-dealkylation sites (tertiary alicyclic amines) is 1. The van der Waals surface area contributed by atoms with Crippen LogP contribution in [-0.4, -0.2) is 44.9 Å². The maximum Gasteiger partial charge on any atom is 0.304 e. The molecule has 1 aliphatic heterocycles. The summed E-state index contributed by atoms with van der Waals surface area (Å²) in [6, 6.07) is 2.24. The lowest BCUT2D eigenvalue weighted by atomic mass is 10.1. The van der Waals surface area contributed by atoms with Crippen molar-refractivity contribution in [2.75, 3.05) is 13.1 Å². The van der Waals surface area contributed by atoms with Crippen molar-refractivity contribution >= 4 is 5.97 Å². The zero-order valence-electron chi connectivity index (χ0n) is 10.2. The molecular weight excluding hydrogens is 218 g/mol. The molecule has 0 radical (unpaired) electrons. The Morgan fingerprint density at radius 1 is 1.65 bits per heavy atom. The van der Waals surface area contributed by atoms with Crippen LogP contribution in [0.1, 0.15) is 25.0 Å². The van der Waals surface area contributed by atoms with Crippen molar-refractivity contribution in [3.63, 3.8) is 0 Å². The van der Waals surface area contributed by atoms with Crippen LogP contribution in [0.15, 0.2) is 12.3 Å². The number of aryl methyl sites for hydroxylation is 1. The van der Waals surface area contributed by atoms with Crippen LogP contribution in [0.4, 0.5) is 0 Å². The fourth-order valence-electron chi connectivity index (χ4n) is 2.53. The molecular formula is C12H19N3O2. The van der Waals surface area contributed by atoms with Gasteiger partial charge in [0.2, 0.25) is 0 Å². The molecule has 1 saturated heterocycles. The summed E-state index contributed by atoms with van der Waals surface area (Å²) in [5, 5.41) is 13.0. The summed E-state index contributed by atoms with van der Waals surface area (Å²) in [6.07, 6.45) is 5.13. The zero-order chi connectivity index (χ0) is 12.3. The minimum Gasteiger partial charge on any atom is -0.481 e. The highest BCUT2D eigenvalue weighted by molar-refractivity contribution is 5.67. The highest BCUT2D eigenvalue weighted by atomic mass is 16.4. The Morgan fingerprint density at radius 2 is 2.47 bits per heavy atom. The predicted molar refractivity (Wildman–Crippen MR) is 63.8 cm³/mol. The van der Waals surface area contributed by atoms with E-state index in [9.17, 15) is 4.79 Å². The Labute approximate surface area is 101 Å². The number of carboxylic acids is 1. The van der Waals surface area contributed by atoms with E-state index in [0.717, 1.165) is 32.4 Å². The molecule has 17 heavy (non-hydrogen) atoms. The fraction of sp³-hybridized carbons (Fsp3) is 0.667. The minimum absolute atomic E-state index is 0.223. The third kappa shape index (κ3) is 3.06. The van der Waals surface area contributed by atoms with E-state index >= 15 is 0 Å². The quantitative estimate of drug-likeness (QED) is 0.826. The van der Waals surface area contributed by atoms with Crippen molar-refractivity contribution < 1.29 is 9.90 Å². The number of hydrogen-bond donors (Lipinski definition) is 1. The monoisotopic (exact) mass is 237 g/mol. The van der Waals surface area contributed by atoms with Crippen LogP contribution in [-0.2, 0) is 18.3 Å². The van der Waals surface area contributed by atoms with Gasteiger partial charge < -0.3 is 5.11 Å². The maximum atomic E-state index is 10.7. The van der Waals surface area contributed by atoms with Gasteiger partial charge in [-0.3, -0.25) is 14.4 Å². The normalized spacial score (nSPS) is 20.9. The molecule has 0 saturated carbocycles. The van der Waals surface area contributed by atoms with Crippen molar-refractivity contribution in [3.05, 3.63) is 18.0 Å². The van der Waals surface area contributed by atoms with Crippen molar-refractivity contribution in [2.45, 2.75) is 31.7 Å². The molecule has 2 heterocycles. The van der Waals surface area contributed by atoms with Crippen LogP contribution in [0.25, 0.3) is 0 Å². The molecule has 1 aromatic heterocycles. The van der Waals surface area contributed by atoms with E-state index in [2.05, 4.69) is 10.00 Å². The van der Waals surface area contributed by atoms with Crippen LogP contribution in [0.5, 0.6) is 0 Å². The second-order valence-electron chi connectivity index (χ2n) is 4.63. The van der Waals surface area contributed by atoms with E-state index < -0.39 is 5.97 Å². The average Bonchev–Trinajstić information content (AvgIpc) is 2.84. The summed E-state index contributed by atoms with van der Waals surface area (Å²) in [4.78, 5) is 13.0. The summed E-state index contributed by atoms with van der Waals surface area (Å²) in [7, 11) is 1.94. The Kier molecular flexibility index (Phi) is 3.78. The summed E-state index contributed by atoms with van der Waals surface area (Å²) in [5.41, 5.74) is 1.20. The third-order valence-electron chi connectivity index (χ3n) is 3.49. The molecule has 1 atom stereocenters. The van der Waals surface area contributed by atoms with Crippen molar-refractivity contribution in [3.8, 4) is 0 Å². The Bertz CT molecular complexity index is 389. The van der Waals surface area contributed by atoms with Gasteiger partial charge in [-0.15, -0.1) is 0 Å². The number of nitrogens with zero attached hydrogens (tertiary/aromatic N) is 3. The molecule has 0 bridgehead atoms. The molecule has 2 rings (SSSR count). The van der Waals surface area contributed by atoms with Crippen LogP contribution in [0.3, 0.4) is 0 Å². The zero-order valence-corrected chi connectivity index (χ0v) is 10.2. The highest BCUT2D eigenvalue weighted by Crippen LogP contribution is 2.20. The van der Waals surface area contributed by atoms with Gasteiger partial charge in [-0.1, -0.05) is 0 Å². The van der Waals surface area contributed by atoms with Gasteiger partial charge in [0.15, 0.2) is 0 Å². The molecule has 1 unspecified atom stereocenters. The largest absolute Gasteiger partial charge is 0.481 e. The van der Waals surface area contributed by atoms with Gasteiger partial charge in [-0.2, -0.15) is 5.10 Å². The van der Waals surface area contributed by atoms with Crippen molar-refractivity contribution in [1.82, 2.24) is 14.7 Å². The first-order valence-electron chi connectivity index (χ1n) is 6.09. The molecule has 0 spiro atoms. The lowest BCUT2D eigenvalue weighted by Gasteiger charge is -2.22. The van der Waals surface area contributed by atoms with Gasteiger partial charge in [-0.05, 0) is 25.5 Å². The van der Waals surface area contributed by atoms with Gasteiger partial charge in [0.25, 0.3) is 0 Å². The van der Waals surface area contributed by atoms with E-state index in [1.165, 1.54) is 5.69 Å². The predicted octanol–water partition coefficient (Wildman–Crippen LogP) is 0.902. The topological polar surface area (TPSA) is 58.4 Å². The lowest BCUT2D eigenvalue weighted by Crippen LogP contribution is -2.33. The molecule has 5 heteroatoms. The van der Waals surface area contributed by atoms with Crippen LogP contribution in [0, 0.1) is 0 Å². The Balaban J connectivity index is 1.86. The summed E-state index contributed by atoms with van der Waals surface area (Å²) >= 11 is 0. The third-order valence-corrected chi connectivity index (χ3v) is 3.49. The fourth-order valence-corrected chi connectivity index (χ4v) is 2.53. The van der Waals surface area contributed by atoms with Crippen LogP contribution in [0.2, 0.25) is 0 Å². The van der Waals surface area contributed by atoms with E-state index in [0.29, 0.717) is 0 Å². The number of rotatable bonds is 5. The number of carboxylic acid groups (broad SMARTS) is 1. The Morgan fingerprint density at radius 3 is 3.12 bits per heavy atom. The first-order valence-corrected chi connectivity index (χ1v) is 6.09. The van der Waals surface area contributed by atoms with E-state index in [1.54, 1.807) is 6.20 Å². The van der Waals surface area contributed by atoms with Gasteiger partial charge in [0.1, 0.15) is 0 Å². The number of aromatic nitrogens is 2. The van der Waals surface area contributed by atoms with Crippen molar-refractivity contribution in [1.29, 1.82) is 0 Å². The first-order chi connectivity index (χ1) is 8.16. The summed E-state index contributed by atoms with van der Waals surface area (Å²) in [5.74, 6) is -0.692. The lowest BCUT2D eigenvalue weighted by molar-refractivity contribution is -0.138. The first kappa shape index (κ1) is 12.1. The second kappa shape index (κ2) is 5.31. The van der Waals surface area contributed by atoms with Crippen LogP contribution < -0.4 is 0 Å². The number of carbonyl (C=O) groups is 1. The van der Waals surface area contributed by atoms with Gasteiger partial charge in [-0.25, -0.2) is 0 Å². The molecule has 1 fully saturated rings. The number of aliphatic carboxylic acids is 1.